The van der Waals surface area contributed by atoms with E-state index < -0.39 is 0 Å². The first kappa shape index (κ1) is 30.1. The molecule has 0 atom stereocenters. The smallest absolute Gasteiger partial charge is 0.0380 e. The van der Waals surface area contributed by atoms with Gasteiger partial charge in [-0.3, -0.25) is 0 Å². The molecular formula is C30H43N. The number of rotatable bonds is 5. The molecule has 0 N–H and O–H groups in total. The summed E-state index contributed by atoms with van der Waals surface area (Å²) in [5.41, 5.74) is 3.56. The third-order valence-corrected chi connectivity index (χ3v) is 3.83. The summed E-state index contributed by atoms with van der Waals surface area (Å²) in [5, 5.41) is 2.57. The Balaban J connectivity index is 0. The van der Waals surface area contributed by atoms with Crippen LogP contribution in [0, 0.1) is 0 Å². The quantitative estimate of drug-likeness (QED) is 0.346. The molecule has 0 aliphatic heterocycles. The summed E-state index contributed by atoms with van der Waals surface area (Å²) in [6.45, 7) is 24.0. The fourth-order valence-corrected chi connectivity index (χ4v) is 2.28. The monoisotopic (exact) mass is 417 g/mol. The highest BCUT2D eigenvalue weighted by molar-refractivity contribution is 5.85. The van der Waals surface area contributed by atoms with E-state index in [1.54, 1.807) is 12.2 Å². The first-order chi connectivity index (χ1) is 15.0. The number of nitrogens with zero attached hydrogens (tertiary/aromatic N) is 1. The third-order valence-electron chi connectivity index (χ3n) is 3.83. The Labute approximate surface area is 192 Å². The van der Waals surface area contributed by atoms with Crippen LogP contribution in [0.3, 0.4) is 0 Å². The molecule has 1 heteroatoms. The van der Waals surface area contributed by atoms with Crippen LogP contribution in [0.15, 0.2) is 116 Å². The Bertz CT molecular complexity index is 832. The minimum Gasteiger partial charge on any atom is -0.371 e. The van der Waals surface area contributed by atoms with Crippen LogP contribution in [0.2, 0.25) is 0 Å². The number of allylic oxidation sites excluding steroid dienone is 8. The first-order valence-electron chi connectivity index (χ1n) is 11.1. The van der Waals surface area contributed by atoms with Gasteiger partial charge in [-0.2, -0.15) is 0 Å². The average Bonchev–Trinajstić information content (AvgIpc) is 2.75. The molecule has 31 heavy (non-hydrogen) atoms. The van der Waals surface area contributed by atoms with Gasteiger partial charge in [-0.05, 0) is 36.8 Å². The Kier molecular flexibility index (Phi) is 19.7. The number of hydrogen-bond acceptors (Lipinski definition) is 1. The van der Waals surface area contributed by atoms with Crippen molar-refractivity contribution in [2.75, 3.05) is 18.5 Å². The number of fused-ring (bicyclic) bond motifs is 1. The molecule has 2 aromatic rings. The van der Waals surface area contributed by atoms with Crippen molar-refractivity contribution in [3.05, 3.63) is 116 Å². The van der Waals surface area contributed by atoms with E-state index in [4.69, 9.17) is 0 Å². The lowest BCUT2D eigenvalue weighted by molar-refractivity contribution is 0.987. The maximum absolute atomic E-state index is 3.94. The molecular weight excluding hydrogens is 374 g/mol. The van der Waals surface area contributed by atoms with Crippen LogP contribution in [0.5, 0.6) is 0 Å². The molecule has 168 valence electrons. The van der Waals surface area contributed by atoms with Gasteiger partial charge in [0.1, 0.15) is 0 Å². The Morgan fingerprint density at radius 3 is 1.74 bits per heavy atom. The van der Waals surface area contributed by atoms with Crippen molar-refractivity contribution in [3.63, 3.8) is 0 Å². The molecule has 0 unspecified atom stereocenters. The summed E-state index contributed by atoms with van der Waals surface area (Å²) in [6, 6.07) is 15.0. The molecule has 0 amide bonds. The summed E-state index contributed by atoms with van der Waals surface area (Å²) in [4.78, 5) is 2.22. The van der Waals surface area contributed by atoms with Gasteiger partial charge in [0, 0.05) is 19.3 Å². The molecule has 0 aromatic heterocycles. The van der Waals surface area contributed by atoms with Crippen molar-refractivity contribution in [2.24, 2.45) is 0 Å². The average molecular weight is 418 g/mol. The van der Waals surface area contributed by atoms with Crippen molar-refractivity contribution >= 4 is 16.5 Å². The molecule has 0 bridgehead atoms. The largest absolute Gasteiger partial charge is 0.371 e. The van der Waals surface area contributed by atoms with Crippen LogP contribution in [-0.4, -0.2) is 13.6 Å². The van der Waals surface area contributed by atoms with Crippen molar-refractivity contribution in [1.29, 1.82) is 0 Å². The maximum atomic E-state index is 3.94. The summed E-state index contributed by atoms with van der Waals surface area (Å²) in [6.07, 6.45) is 13.5. The lowest BCUT2D eigenvalue weighted by Crippen LogP contribution is -2.18. The molecule has 0 spiro atoms. The molecule has 0 fully saturated rings. The molecule has 0 radical (unpaired) electrons. The normalized spacial score (nSPS) is 10.2. The Morgan fingerprint density at radius 2 is 1.35 bits per heavy atom. The van der Waals surface area contributed by atoms with Gasteiger partial charge < -0.3 is 4.90 Å². The highest BCUT2D eigenvalue weighted by atomic mass is 15.1. The fourth-order valence-electron chi connectivity index (χ4n) is 2.28. The molecule has 3 rings (SSSR count). The molecule has 0 heterocycles. The second-order valence-corrected chi connectivity index (χ2v) is 6.46. The first-order valence-corrected chi connectivity index (χ1v) is 11.1. The summed E-state index contributed by atoms with van der Waals surface area (Å²) in [5.74, 6) is 0. The van der Waals surface area contributed by atoms with Crippen molar-refractivity contribution in [3.8, 4) is 0 Å². The van der Waals surface area contributed by atoms with E-state index in [2.05, 4.69) is 81.1 Å². The van der Waals surface area contributed by atoms with Crippen LogP contribution in [-0.2, 0) is 0 Å². The molecule has 0 saturated heterocycles. The highest BCUT2D eigenvalue weighted by Crippen LogP contribution is 2.21. The standard InChI is InChI=1S/C15H17N.C7H10.C4H4.2C2H6/c1-12(2)11-16(3)15-9-8-13-6-4-5-7-14(13)10-15;1-4-6-7(3)5-2;1-2-4-3-1;2*1-2/h4-10H,1,11H2,2-3H3;4-6H,1-2H2,3H3;1-4H;2*1-2H3/b;7-6-;;;. The molecule has 0 saturated carbocycles. The van der Waals surface area contributed by atoms with Crippen molar-refractivity contribution in [1.82, 2.24) is 0 Å². The van der Waals surface area contributed by atoms with E-state index in [0.29, 0.717) is 0 Å². The SMILES string of the molecule is C1=CC=C1.C=C(C)CN(C)c1ccc2ccccc2c1.C=C/C=C(/C)C=C.CC.CC. The lowest BCUT2D eigenvalue weighted by Gasteiger charge is -2.19. The Morgan fingerprint density at radius 1 is 0.839 bits per heavy atom. The van der Waals surface area contributed by atoms with Gasteiger partial charge in [-0.1, -0.05) is 131 Å². The van der Waals surface area contributed by atoms with Gasteiger partial charge in [0.15, 0.2) is 0 Å². The maximum Gasteiger partial charge on any atom is 0.0380 e. The van der Waals surface area contributed by atoms with E-state index in [9.17, 15) is 0 Å². The summed E-state index contributed by atoms with van der Waals surface area (Å²) in [7, 11) is 2.10. The van der Waals surface area contributed by atoms with E-state index >= 15 is 0 Å². The second-order valence-electron chi connectivity index (χ2n) is 6.46. The summed E-state index contributed by atoms with van der Waals surface area (Å²) < 4.78 is 0. The molecule has 2 aromatic carbocycles. The number of hydrogen-bond donors (Lipinski definition) is 0. The lowest BCUT2D eigenvalue weighted by atomic mass is 10.1. The predicted octanol–water partition coefficient (Wildman–Crippen LogP) is 9.32. The van der Waals surface area contributed by atoms with Gasteiger partial charge >= 0.3 is 0 Å². The zero-order valence-electron chi connectivity index (χ0n) is 20.9. The minimum atomic E-state index is 0.901. The van der Waals surface area contributed by atoms with Gasteiger partial charge in [-0.25, -0.2) is 0 Å². The van der Waals surface area contributed by atoms with Crippen molar-refractivity contribution in [2.45, 2.75) is 41.5 Å². The molecule has 1 nitrogen and oxygen atoms in total. The van der Waals surface area contributed by atoms with Crippen molar-refractivity contribution < 1.29 is 0 Å². The van der Waals surface area contributed by atoms with Crippen LogP contribution in [0.4, 0.5) is 5.69 Å². The van der Waals surface area contributed by atoms with E-state index in [1.165, 1.54) is 22.0 Å². The third kappa shape index (κ3) is 14.5. The molecule has 1 aliphatic rings. The second kappa shape index (κ2) is 20.2. The van der Waals surface area contributed by atoms with E-state index in [0.717, 1.165) is 12.1 Å². The number of likely N-dealkylation sites (N-methyl/N-ethyl adjacent to an activating group) is 1. The van der Waals surface area contributed by atoms with Gasteiger partial charge in [0.05, 0.1) is 0 Å². The molecule has 1 aliphatic carbocycles. The zero-order chi connectivity index (χ0) is 24.1. The topological polar surface area (TPSA) is 3.24 Å². The van der Waals surface area contributed by atoms with Crippen LogP contribution < -0.4 is 4.90 Å². The number of benzene rings is 2. The Hall–Kier alpha value is -3.06. The van der Waals surface area contributed by atoms with Crippen LogP contribution in [0.25, 0.3) is 10.8 Å². The summed E-state index contributed by atoms with van der Waals surface area (Å²) >= 11 is 0. The zero-order valence-corrected chi connectivity index (χ0v) is 20.9. The van der Waals surface area contributed by atoms with Gasteiger partial charge in [0.25, 0.3) is 0 Å². The van der Waals surface area contributed by atoms with Crippen LogP contribution >= 0.6 is 0 Å². The minimum absolute atomic E-state index is 0.901. The number of anilines is 1. The van der Waals surface area contributed by atoms with Gasteiger partial charge in [-0.15, -0.1) is 0 Å². The van der Waals surface area contributed by atoms with Crippen LogP contribution in [0.1, 0.15) is 41.5 Å². The van der Waals surface area contributed by atoms with E-state index in [-0.39, 0.29) is 0 Å². The fraction of sp³-hybridized carbons (Fsp3) is 0.267. The van der Waals surface area contributed by atoms with E-state index in [1.807, 2.05) is 65.0 Å². The van der Waals surface area contributed by atoms with Gasteiger partial charge in [0.2, 0.25) is 0 Å². The predicted molar refractivity (Wildman–Crippen MR) is 147 cm³/mol. The highest BCUT2D eigenvalue weighted by Gasteiger charge is 2.01.